The number of amides is 1. The second-order valence-corrected chi connectivity index (χ2v) is 5.60. The van der Waals surface area contributed by atoms with Crippen LogP contribution in [0.3, 0.4) is 0 Å². The Labute approximate surface area is 161 Å². The summed E-state index contributed by atoms with van der Waals surface area (Å²) in [6.45, 7) is 0. The van der Waals surface area contributed by atoms with Crippen molar-refractivity contribution in [3.05, 3.63) is 89.7 Å². The summed E-state index contributed by atoms with van der Waals surface area (Å²) in [6, 6.07) is 16.8. The Hall–Kier alpha value is -4.00. The molecule has 7 heteroatoms. The predicted octanol–water partition coefficient (Wildman–Crippen LogP) is 3.07. The Morgan fingerprint density at radius 1 is 0.964 bits per heavy atom. The molecule has 1 N–H and O–H groups in total. The van der Waals surface area contributed by atoms with Gasteiger partial charge in [-0.05, 0) is 48.0 Å². The van der Waals surface area contributed by atoms with Crippen LogP contribution in [0.25, 0.3) is 0 Å². The molecule has 28 heavy (non-hydrogen) atoms. The van der Waals surface area contributed by atoms with Gasteiger partial charge in [0.25, 0.3) is 5.91 Å². The fraction of sp³-hybridized carbons (Fsp3) is 0.0476. The van der Waals surface area contributed by atoms with Crippen molar-refractivity contribution in [2.45, 2.75) is 0 Å². The Bertz CT molecular complexity index is 989. The summed E-state index contributed by atoms with van der Waals surface area (Å²) in [5.74, 6) is -0.174. The summed E-state index contributed by atoms with van der Waals surface area (Å²) in [5, 5.41) is 3.92. The molecule has 7 nitrogen and oxygen atoms in total. The minimum absolute atomic E-state index is 0.286. The van der Waals surface area contributed by atoms with Crippen LogP contribution in [0.4, 0.5) is 0 Å². The maximum Gasteiger partial charge on any atom is 0.343 e. The highest BCUT2D eigenvalue weighted by molar-refractivity contribution is 5.95. The molecule has 1 heterocycles. The standard InChI is InChI=1S/C21H17N3O4/c1-27-19-13-15(14-23-24-20(25)16-9-11-22-12-10-16)7-8-18(19)28-21(26)17-5-3-2-4-6-17/h2-14H,1H3,(H,24,25)/b23-14+. The molecule has 3 rings (SSSR count). The van der Waals surface area contributed by atoms with Crippen molar-refractivity contribution in [3.8, 4) is 11.5 Å². The topological polar surface area (TPSA) is 89.9 Å². The van der Waals surface area contributed by atoms with Gasteiger partial charge < -0.3 is 9.47 Å². The first kappa shape index (κ1) is 18.8. The number of rotatable bonds is 6. The molecule has 140 valence electrons. The zero-order valence-corrected chi connectivity index (χ0v) is 15.0. The molecule has 0 aliphatic heterocycles. The van der Waals surface area contributed by atoms with Gasteiger partial charge in [-0.3, -0.25) is 9.78 Å². The lowest BCUT2D eigenvalue weighted by atomic mass is 10.2. The second kappa shape index (κ2) is 9.09. The van der Waals surface area contributed by atoms with Gasteiger partial charge in [-0.2, -0.15) is 5.10 Å². The van der Waals surface area contributed by atoms with Crippen molar-refractivity contribution in [3.63, 3.8) is 0 Å². The van der Waals surface area contributed by atoms with Crippen LogP contribution in [0.2, 0.25) is 0 Å². The number of aromatic nitrogens is 1. The van der Waals surface area contributed by atoms with Crippen molar-refractivity contribution < 1.29 is 19.1 Å². The normalized spacial score (nSPS) is 10.5. The molecule has 0 bridgehead atoms. The van der Waals surface area contributed by atoms with Crippen molar-refractivity contribution in [1.82, 2.24) is 10.4 Å². The third-order valence-corrected chi connectivity index (χ3v) is 3.72. The van der Waals surface area contributed by atoms with Gasteiger partial charge in [0.05, 0.1) is 18.9 Å². The first-order valence-corrected chi connectivity index (χ1v) is 8.36. The Kier molecular flexibility index (Phi) is 6.10. The minimum atomic E-state index is -0.482. The number of carbonyl (C=O) groups is 2. The number of ether oxygens (including phenoxy) is 2. The summed E-state index contributed by atoms with van der Waals surface area (Å²) in [7, 11) is 1.47. The van der Waals surface area contributed by atoms with E-state index in [-0.39, 0.29) is 11.7 Å². The lowest BCUT2D eigenvalue weighted by molar-refractivity contribution is 0.0729. The lowest BCUT2D eigenvalue weighted by Crippen LogP contribution is -2.17. The molecule has 1 amide bonds. The maximum atomic E-state index is 12.2. The molecule has 2 aromatic carbocycles. The van der Waals surface area contributed by atoms with Gasteiger partial charge in [-0.25, -0.2) is 10.2 Å². The number of nitrogens with zero attached hydrogens (tertiary/aromatic N) is 2. The molecule has 0 radical (unpaired) electrons. The zero-order chi connectivity index (χ0) is 19.8. The van der Waals surface area contributed by atoms with Crippen LogP contribution >= 0.6 is 0 Å². The Morgan fingerprint density at radius 2 is 1.71 bits per heavy atom. The number of pyridine rings is 1. The van der Waals surface area contributed by atoms with Crippen LogP contribution in [0.15, 0.2) is 78.2 Å². The van der Waals surface area contributed by atoms with Gasteiger partial charge in [0.1, 0.15) is 0 Å². The van der Waals surface area contributed by atoms with E-state index >= 15 is 0 Å². The van der Waals surface area contributed by atoms with Crippen LogP contribution in [-0.2, 0) is 0 Å². The first-order valence-electron chi connectivity index (χ1n) is 8.36. The van der Waals surface area contributed by atoms with Crippen molar-refractivity contribution in [2.75, 3.05) is 7.11 Å². The van der Waals surface area contributed by atoms with E-state index in [1.807, 2.05) is 6.07 Å². The Balaban J connectivity index is 1.67. The molecule has 3 aromatic rings. The highest BCUT2D eigenvalue weighted by Gasteiger charge is 2.12. The van der Waals surface area contributed by atoms with E-state index in [4.69, 9.17) is 9.47 Å². The van der Waals surface area contributed by atoms with Crippen LogP contribution in [0.1, 0.15) is 26.3 Å². The molecular weight excluding hydrogens is 358 g/mol. The molecule has 0 spiro atoms. The van der Waals surface area contributed by atoms with Gasteiger partial charge in [-0.15, -0.1) is 0 Å². The van der Waals surface area contributed by atoms with Gasteiger partial charge in [0, 0.05) is 18.0 Å². The van der Waals surface area contributed by atoms with E-state index in [2.05, 4.69) is 15.5 Å². The molecule has 0 aliphatic rings. The van der Waals surface area contributed by atoms with Gasteiger partial charge in [0.15, 0.2) is 11.5 Å². The van der Waals surface area contributed by atoms with Gasteiger partial charge in [-0.1, -0.05) is 18.2 Å². The molecule has 0 aliphatic carbocycles. The predicted molar refractivity (Wildman–Crippen MR) is 104 cm³/mol. The summed E-state index contributed by atoms with van der Waals surface area (Å²) in [4.78, 5) is 28.0. The maximum absolute atomic E-state index is 12.2. The summed E-state index contributed by atoms with van der Waals surface area (Å²) in [6.07, 6.45) is 4.52. The third-order valence-electron chi connectivity index (χ3n) is 3.72. The quantitative estimate of drug-likeness (QED) is 0.309. The van der Waals surface area contributed by atoms with E-state index in [0.717, 1.165) is 0 Å². The number of benzene rings is 2. The van der Waals surface area contributed by atoms with E-state index in [0.29, 0.717) is 22.4 Å². The Morgan fingerprint density at radius 3 is 2.43 bits per heavy atom. The van der Waals surface area contributed by atoms with Crippen LogP contribution in [0.5, 0.6) is 11.5 Å². The average Bonchev–Trinajstić information content (AvgIpc) is 2.75. The molecule has 0 saturated heterocycles. The molecule has 0 fully saturated rings. The van der Waals surface area contributed by atoms with Crippen LogP contribution in [0, 0.1) is 0 Å². The van der Waals surface area contributed by atoms with Crippen molar-refractivity contribution >= 4 is 18.1 Å². The number of carbonyl (C=O) groups excluding carboxylic acids is 2. The van der Waals surface area contributed by atoms with Crippen molar-refractivity contribution in [1.29, 1.82) is 0 Å². The van der Waals surface area contributed by atoms with Crippen LogP contribution < -0.4 is 14.9 Å². The van der Waals surface area contributed by atoms with E-state index in [1.54, 1.807) is 54.6 Å². The SMILES string of the molecule is COc1cc(/C=N/NC(=O)c2ccncc2)ccc1OC(=O)c1ccccc1. The second-order valence-electron chi connectivity index (χ2n) is 5.60. The highest BCUT2D eigenvalue weighted by atomic mass is 16.6. The fourth-order valence-corrected chi connectivity index (χ4v) is 2.32. The number of hydrogen-bond donors (Lipinski definition) is 1. The monoisotopic (exact) mass is 375 g/mol. The summed E-state index contributed by atoms with van der Waals surface area (Å²) < 4.78 is 10.7. The highest BCUT2D eigenvalue weighted by Crippen LogP contribution is 2.28. The van der Waals surface area contributed by atoms with Gasteiger partial charge >= 0.3 is 5.97 Å². The molecule has 0 saturated carbocycles. The zero-order valence-electron chi connectivity index (χ0n) is 15.0. The third kappa shape index (κ3) is 4.79. The van der Waals surface area contributed by atoms with E-state index in [1.165, 1.54) is 25.7 Å². The number of nitrogens with one attached hydrogen (secondary N) is 1. The van der Waals surface area contributed by atoms with E-state index < -0.39 is 5.97 Å². The first-order chi connectivity index (χ1) is 13.7. The summed E-state index contributed by atoms with van der Waals surface area (Å²) in [5.41, 5.74) is 3.98. The molecule has 0 atom stereocenters. The lowest BCUT2D eigenvalue weighted by Gasteiger charge is -2.10. The minimum Gasteiger partial charge on any atom is -0.493 e. The number of methoxy groups -OCH3 is 1. The van der Waals surface area contributed by atoms with E-state index in [9.17, 15) is 9.59 Å². The average molecular weight is 375 g/mol. The molecule has 1 aromatic heterocycles. The number of hydrazone groups is 1. The number of esters is 1. The van der Waals surface area contributed by atoms with Gasteiger partial charge in [0.2, 0.25) is 0 Å². The largest absolute Gasteiger partial charge is 0.493 e. The van der Waals surface area contributed by atoms with Crippen LogP contribution in [-0.4, -0.2) is 30.2 Å². The number of hydrogen-bond acceptors (Lipinski definition) is 6. The molecule has 0 unspecified atom stereocenters. The summed E-state index contributed by atoms with van der Waals surface area (Å²) >= 11 is 0. The van der Waals surface area contributed by atoms with Crippen molar-refractivity contribution in [2.24, 2.45) is 5.10 Å². The molecular formula is C21H17N3O4. The fourth-order valence-electron chi connectivity index (χ4n) is 2.32. The smallest absolute Gasteiger partial charge is 0.343 e.